The summed E-state index contributed by atoms with van der Waals surface area (Å²) in [6.45, 7) is 3.36. The smallest absolute Gasteiger partial charge is 0.307 e. The van der Waals surface area contributed by atoms with Crippen molar-refractivity contribution in [2.75, 3.05) is 26.5 Å². The topological polar surface area (TPSA) is 135 Å². The molecule has 0 saturated heterocycles. The van der Waals surface area contributed by atoms with Crippen LogP contribution in [0.1, 0.15) is 23.1 Å². The number of nitrogens with one attached hydrogen (secondary N) is 1. The zero-order valence-electron chi connectivity index (χ0n) is 15.3. The van der Waals surface area contributed by atoms with E-state index in [4.69, 9.17) is 4.74 Å². The number of fused-ring (bicyclic) bond motifs is 1. The monoisotopic (exact) mass is 395 g/mol. The SMILES string of the molecule is COCC(C)C(=O)N1CCn2ncc(S(C)(=O)=NC(=O)c3cn[nH]n3)c2C1. The Morgan fingerprint density at radius 2 is 2.19 bits per heavy atom. The fraction of sp³-hybridized carbons (Fsp3) is 0.533. The highest BCUT2D eigenvalue weighted by molar-refractivity contribution is 7.93. The van der Waals surface area contributed by atoms with E-state index in [1.807, 2.05) is 0 Å². The number of hydrogen-bond donors (Lipinski definition) is 1. The van der Waals surface area contributed by atoms with Crippen molar-refractivity contribution < 1.29 is 18.5 Å². The molecule has 0 spiro atoms. The molecular formula is C15H21N7O4S. The molecule has 3 heterocycles. The lowest BCUT2D eigenvalue weighted by molar-refractivity contribution is -0.138. The van der Waals surface area contributed by atoms with Crippen LogP contribution in [-0.2, 0) is 32.3 Å². The molecule has 1 N–H and O–H groups in total. The summed E-state index contributed by atoms with van der Waals surface area (Å²) in [5, 5.41) is 13.8. The molecule has 11 nitrogen and oxygen atoms in total. The lowest BCUT2D eigenvalue weighted by atomic mass is 10.1. The van der Waals surface area contributed by atoms with Gasteiger partial charge in [-0.1, -0.05) is 6.92 Å². The molecule has 2 amide bonds. The summed E-state index contributed by atoms with van der Waals surface area (Å²) in [4.78, 5) is 26.7. The Kier molecular flexibility index (Phi) is 5.37. The van der Waals surface area contributed by atoms with Gasteiger partial charge in [-0.2, -0.15) is 24.9 Å². The number of hydrogen-bond acceptors (Lipinski definition) is 7. The summed E-state index contributed by atoms with van der Waals surface area (Å²) in [6.07, 6.45) is 4.04. The third-order valence-corrected chi connectivity index (χ3v) is 5.95. The standard InChI is InChI=1S/C15H21N7O4S/c1-10(9-26-2)15(24)21-4-5-22-12(8-21)13(7-17-22)27(3,25)19-14(23)11-6-16-20-18-11/h6-7,10H,4-5,8-9H2,1-3H3,(H,16,18,20). The summed E-state index contributed by atoms with van der Waals surface area (Å²) < 4.78 is 23.7. The molecule has 0 radical (unpaired) electrons. The number of methoxy groups -OCH3 is 1. The Labute approximate surface area is 156 Å². The Balaban J connectivity index is 1.88. The fourth-order valence-electron chi connectivity index (χ4n) is 2.92. The van der Waals surface area contributed by atoms with E-state index in [9.17, 15) is 13.8 Å². The van der Waals surface area contributed by atoms with E-state index in [1.54, 1.807) is 23.6 Å². The molecule has 27 heavy (non-hydrogen) atoms. The van der Waals surface area contributed by atoms with Gasteiger partial charge in [0, 0.05) is 19.9 Å². The van der Waals surface area contributed by atoms with E-state index >= 15 is 0 Å². The van der Waals surface area contributed by atoms with Gasteiger partial charge in [0.05, 0.1) is 58.3 Å². The second kappa shape index (κ2) is 7.56. The van der Waals surface area contributed by atoms with E-state index in [-0.39, 0.29) is 24.1 Å². The van der Waals surface area contributed by atoms with Gasteiger partial charge in [0.1, 0.15) is 0 Å². The van der Waals surface area contributed by atoms with Crippen molar-refractivity contribution in [3.8, 4) is 0 Å². The molecule has 2 aromatic heterocycles. The third kappa shape index (κ3) is 3.90. The molecule has 2 atom stereocenters. The number of aromatic nitrogens is 5. The molecule has 12 heteroatoms. The first-order chi connectivity index (χ1) is 12.8. The quantitative estimate of drug-likeness (QED) is 0.748. The molecule has 0 saturated carbocycles. The number of carbonyl (C=O) groups is 2. The molecular weight excluding hydrogens is 374 g/mol. The maximum atomic E-state index is 13.1. The first kappa shape index (κ1) is 19.2. The van der Waals surface area contributed by atoms with E-state index in [1.165, 1.54) is 18.6 Å². The van der Waals surface area contributed by atoms with Crippen molar-refractivity contribution in [3.63, 3.8) is 0 Å². The summed E-state index contributed by atoms with van der Waals surface area (Å²) in [5.74, 6) is -1.06. The number of carbonyl (C=O) groups excluding carboxylic acids is 2. The number of nitrogens with zero attached hydrogens (tertiary/aromatic N) is 6. The molecule has 0 fully saturated rings. The van der Waals surface area contributed by atoms with Gasteiger partial charge in [0.25, 0.3) is 0 Å². The number of amides is 2. The van der Waals surface area contributed by atoms with E-state index in [0.29, 0.717) is 30.3 Å². The van der Waals surface area contributed by atoms with Gasteiger partial charge in [-0.15, -0.1) is 0 Å². The molecule has 2 aromatic rings. The summed E-state index contributed by atoms with van der Waals surface area (Å²) in [7, 11) is -1.52. The van der Waals surface area contributed by atoms with E-state index in [2.05, 4.69) is 24.9 Å². The second-order valence-electron chi connectivity index (χ2n) is 6.35. The molecule has 1 aliphatic heterocycles. The fourth-order valence-corrected chi connectivity index (χ4v) is 4.28. The highest BCUT2D eigenvalue weighted by Gasteiger charge is 2.29. The Bertz CT molecular complexity index is 959. The van der Waals surface area contributed by atoms with Gasteiger partial charge in [-0.05, 0) is 0 Å². The van der Waals surface area contributed by atoms with Gasteiger partial charge in [0.15, 0.2) is 5.69 Å². The van der Waals surface area contributed by atoms with Crippen molar-refractivity contribution >= 4 is 21.5 Å². The highest BCUT2D eigenvalue weighted by atomic mass is 32.2. The van der Waals surface area contributed by atoms with Crippen molar-refractivity contribution in [2.45, 2.75) is 24.9 Å². The molecule has 3 rings (SSSR count). The maximum Gasteiger partial charge on any atom is 0.307 e. The average molecular weight is 395 g/mol. The Morgan fingerprint density at radius 1 is 1.41 bits per heavy atom. The summed E-state index contributed by atoms with van der Waals surface area (Å²) >= 11 is 0. The maximum absolute atomic E-state index is 13.1. The number of aromatic amines is 1. The van der Waals surface area contributed by atoms with Gasteiger partial charge in [-0.3, -0.25) is 14.3 Å². The number of H-pyrrole nitrogens is 1. The van der Waals surface area contributed by atoms with Gasteiger partial charge >= 0.3 is 5.91 Å². The summed E-state index contributed by atoms with van der Waals surface area (Å²) in [6, 6.07) is 0. The normalized spacial score (nSPS) is 17.1. The molecule has 0 bridgehead atoms. The van der Waals surface area contributed by atoms with Crippen molar-refractivity contribution in [1.29, 1.82) is 0 Å². The van der Waals surface area contributed by atoms with Crippen LogP contribution in [0, 0.1) is 5.92 Å². The third-order valence-electron chi connectivity index (χ3n) is 4.28. The first-order valence-corrected chi connectivity index (χ1v) is 10.2. The Hall–Kier alpha value is -2.60. The van der Waals surface area contributed by atoms with Crippen LogP contribution in [0.2, 0.25) is 0 Å². The molecule has 1 aliphatic rings. The van der Waals surface area contributed by atoms with Crippen LogP contribution >= 0.6 is 0 Å². The minimum atomic E-state index is -3.07. The second-order valence-corrected chi connectivity index (χ2v) is 8.58. The molecule has 2 unspecified atom stereocenters. The van der Waals surface area contributed by atoms with Crippen LogP contribution in [0.15, 0.2) is 21.7 Å². The van der Waals surface area contributed by atoms with Crippen LogP contribution in [0.25, 0.3) is 0 Å². The van der Waals surface area contributed by atoms with Crippen LogP contribution in [0.4, 0.5) is 0 Å². The molecule has 0 aromatic carbocycles. The predicted octanol–water partition coefficient (Wildman–Crippen LogP) is -0.0770. The van der Waals surface area contributed by atoms with Gasteiger partial charge in [0.2, 0.25) is 5.91 Å². The van der Waals surface area contributed by atoms with Gasteiger partial charge < -0.3 is 9.64 Å². The molecule has 0 aliphatic carbocycles. The van der Waals surface area contributed by atoms with Crippen LogP contribution in [0.5, 0.6) is 0 Å². The van der Waals surface area contributed by atoms with E-state index in [0.717, 1.165) is 0 Å². The molecule has 146 valence electrons. The van der Waals surface area contributed by atoms with Crippen molar-refractivity contribution in [3.05, 3.63) is 23.8 Å². The van der Waals surface area contributed by atoms with Crippen LogP contribution in [0.3, 0.4) is 0 Å². The zero-order chi connectivity index (χ0) is 19.6. The number of rotatable bonds is 5. The van der Waals surface area contributed by atoms with Crippen molar-refractivity contribution in [1.82, 2.24) is 30.1 Å². The van der Waals surface area contributed by atoms with Gasteiger partial charge in [-0.25, -0.2) is 4.21 Å². The Morgan fingerprint density at radius 3 is 2.85 bits per heavy atom. The van der Waals surface area contributed by atoms with Crippen molar-refractivity contribution in [2.24, 2.45) is 10.3 Å². The highest BCUT2D eigenvalue weighted by Crippen LogP contribution is 2.23. The number of ether oxygens (including phenoxy) is 1. The zero-order valence-corrected chi connectivity index (χ0v) is 16.1. The summed E-state index contributed by atoms with van der Waals surface area (Å²) in [5.41, 5.74) is 0.597. The van der Waals surface area contributed by atoms with Crippen LogP contribution in [-0.4, -0.2) is 72.6 Å². The minimum Gasteiger partial charge on any atom is -0.384 e. The predicted molar refractivity (Wildman–Crippen MR) is 94.2 cm³/mol. The first-order valence-electron chi connectivity index (χ1n) is 8.28. The van der Waals surface area contributed by atoms with Crippen LogP contribution < -0.4 is 0 Å². The lowest BCUT2D eigenvalue weighted by Crippen LogP contribution is -2.42. The lowest BCUT2D eigenvalue weighted by Gasteiger charge is -2.30. The van der Waals surface area contributed by atoms with E-state index < -0.39 is 15.6 Å². The minimum absolute atomic E-state index is 0.0178. The largest absolute Gasteiger partial charge is 0.384 e. The average Bonchev–Trinajstić information content (AvgIpc) is 3.30.